The summed E-state index contributed by atoms with van der Waals surface area (Å²) in [6.45, 7) is 4.93. The largest absolute Gasteiger partial charge is 0.411 e. The Bertz CT molecular complexity index is 875. The number of hydrogen-bond acceptors (Lipinski definition) is 6. The highest BCUT2D eigenvalue weighted by Crippen LogP contribution is 2.24. The van der Waals surface area contributed by atoms with E-state index in [9.17, 15) is 4.79 Å². The summed E-state index contributed by atoms with van der Waals surface area (Å²) in [5, 5.41) is 16.0. The van der Waals surface area contributed by atoms with Crippen molar-refractivity contribution in [3.8, 4) is 11.5 Å². The van der Waals surface area contributed by atoms with E-state index in [2.05, 4.69) is 34.5 Å². The molecule has 2 aromatic heterocycles. The third-order valence-electron chi connectivity index (χ3n) is 3.35. The van der Waals surface area contributed by atoms with E-state index in [-0.39, 0.29) is 11.7 Å². The Labute approximate surface area is 160 Å². The zero-order valence-corrected chi connectivity index (χ0v) is 15.9. The maximum atomic E-state index is 12.2. The Morgan fingerprint density at radius 2 is 2.04 bits per heavy atom. The van der Waals surface area contributed by atoms with E-state index in [4.69, 9.17) is 16.0 Å². The number of benzene rings is 1. The number of amides is 1. The lowest BCUT2D eigenvalue weighted by Gasteiger charge is -2.10. The van der Waals surface area contributed by atoms with Crippen LogP contribution in [0.25, 0.3) is 11.5 Å². The van der Waals surface area contributed by atoms with Crippen LogP contribution < -0.4 is 5.32 Å². The average molecular weight is 392 g/mol. The summed E-state index contributed by atoms with van der Waals surface area (Å²) in [4.78, 5) is 12.2. The van der Waals surface area contributed by atoms with Gasteiger partial charge in [0.05, 0.1) is 11.9 Å². The second-order valence-corrected chi connectivity index (χ2v) is 7.37. The van der Waals surface area contributed by atoms with Gasteiger partial charge in [0.15, 0.2) is 0 Å². The molecule has 0 aliphatic rings. The van der Waals surface area contributed by atoms with Crippen molar-refractivity contribution in [2.75, 3.05) is 11.1 Å². The molecule has 2 heterocycles. The Kier molecular flexibility index (Phi) is 5.95. The Morgan fingerprint density at radius 1 is 1.27 bits per heavy atom. The van der Waals surface area contributed by atoms with E-state index >= 15 is 0 Å². The van der Waals surface area contributed by atoms with Crippen LogP contribution in [0.1, 0.15) is 13.8 Å². The second-order valence-electron chi connectivity index (χ2n) is 6.01. The van der Waals surface area contributed by atoms with Crippen LogP contribution in [0.4, 0.5) is 5.82 Å². The first kappa shape index (κ1) is 18.5. The predicted molar refractivity (Wildman–Crippen MR) is 101 cm³/mol. The predicted octanol–water partition coefficient (Wildman–Crippen LogP) is 3.97. The first-order valence-electron chi connectivity index (χ1n) is 8.05. The van der Waals surface area contributed by atoms with E-state index in [1.165, 1.54) is 11.8 Å². The first-order chi connectivity index (χ1) is 12.5. The highest BCUT2D eigenvalue weighted by atomic mass is 35.5. The van der Waals surface area contributed by atoms with Crippen LogP contribution in [0.2, 0.25) is 5.02 Å². The van der Waals surface area contributed by atoms with Crippen LogP contribution in [-0.2, 0) is 11.3 Å². The number of rotatable bonds is 7. The Hall–Kier alpha value is -2.32. The fourth-order valence-electron chi connectivity index (χ4n) is 2.21. The van der Waals surface area contributed by atoms with Crippen molar-refractivity contribution in [3.63, 3.8) is 0 Å². The van der Waals surface area contributed by atoms with Gasteiger partial charge in [-0.2, -0.15) is 5.10 Å². The van der Waals surface area contributed by atoms with Gasteiger partial charge in [0.25, 0.3) is 5.22 Å². The fraction of sp³-hybridized carbons (Fsp3) is 0.294. The Morgan fingerprint density at radius 3 is 2.77 bits per heavy atom. The zero-order valence-electron chi connectivity index (χ0n) is 14.3. The summed E-state index contributed by atoms with van der Waals surface area (Å²) < 4.78 is 7.35. The van der Waals surface area contributed by atoms with Crippen molar-refractivity contribution in [2.45, 2.75) is 25.6 Å². The number of thioether (sulfide) groups is 1. The molecule has 0 spiro atoms. The van der Waals surface area contributed by atoms with Crippen LogP contribution in [0.5, 0.6) is 0 Å². The molecule has 7 nitrogen and oxygen atoms in total. The highest BCUT2D eigenvalue weighted by molar-refractivity contribution is 7.99. The molecule has 0 atom stereocenters. The molecule has 3 aromatic rings. The van der Waals surface area contributed by atoms with Gasteiger partial charge >= 0.3 is 0 Å². The number of carbonyl (C=O) groups excluding carboxylic acids is 1. The molecule has 26 heavy (non-hydrogen) atoms. The standard InChI is InChI=1S/C17H18ClN5O2S/c1-11(2)9-23-14(7-8-19-23)20-15(24)10-26-17-22-21-16(25-17)12-3-5-13(18)6-4-12/h3-8,11H,9-10H2,1-2H3,(H,20,24). The molecule has 1 N–H and O–H groups in total. The van der Waals surface area contributed by atoms with E-state index in [1.54, 1.807) is 41.2 Å². The molecule has 136 valence electrons. The molecule has 0 saturated heterocycles. The molecule has 0 unspecified atom stereocenters. The number of halogens is 1. The molecule has 3 rings (SSSR count). The number of nitrogens with zero attached hydrogens (tertiary/aromatic N) is 4. The van der Waals surface area contributed by atoms with Crippen molar-refractivity contribution in [1.29, 1.82) is 0 Å². The first-order valence-corrected chi connectivity index (χ1v) is 9.41. The van der Waals surface area contributed by atoms with Crippen molar-refractivity contribution in [1.82, 2.24) is 20.0 Å². The average Bonchev–Trinajstić information content (AvgIpc) is 3.23. The molecule has 1 aromatic carbocycles. The molecule has 9 heteroatoms. The maximum absolute atomic E-state index is 12.2. The van der Waals surface area contributed by atoms with Crippen LogP contribution >= 0.6 is 23.4 Å². The normalized spacial score (nSPS) is 11.1. The van der Waals surface area contributed by atoms with Crippen LogP contribution in [-0.4, -0.2) is 31.6 Å². The SMILES string of the molecule is CC(C)Cn1nccc1NC(=O)CSc1nnc(-c2ccc(Cl)cc2)o1. The van der Waals surface area contributed by atoms with E-state index in [0.717, 1.165) is 12.1 Å². The maximum Gasteiger partial charge on any atom is 0.277 e. The molecule has 0 saturated carbocycles. The summed E-state index contributed by atoms with van der Waals surface area (Å²) in [7, 11) is 0. The number of nitrogens with one attached hydrogen (secondary N) is 1. The number of hydrogen-bond donors (Lipinski definition) is 1. The van der Waals surface area contributed by atoms with Crippen LogP contribution in [0, 0.1) is 5.92 Å². The fourth-order valence-corrected chi connectivity index (χ4v) is 2.90. The summed E-state index contributed by atoms with van der Waals surface area (Å²) in [5.41, 5.74) is 0.774. The monoisotopic (exact) mass is 391 g/mol. The molecule has 0 aliphatic carbocycles. The van der Waals surface area contributed by atoms with E-state index in [0.29, 0.717) is 27.9 Å². The van der Waals surface area contributed by atoms with Crippen LogP contribution in [0.3, 0.4) is 0 Å². The van der Waals surface area contributed by atoms with Gasteiger partial charge in [0, 0.05) is 23.2 Å². The molecule has 0 aliphatic heterocycles. The molecule has 0 radical (unpaired) electrons. The number of aromatic nitrogens is 4. The minimum Gasteiger partial charge on any atom is -0.411 e. The third-order valence-corrected chi connectivity index (χ3v) is 4.42. The summed E-state index contributed by atoms with van der Waals surface area (Å²) in [5.74, 6) is 1.50. The van der Waals surface area contributed by atoms with Gasteiger partial charge in [-0.1, -0.05) is 37.2 Å². The van der Waals surface area contributed by atoms with E-state index in [1.807, 2.05) is 0 Å². The van der Waals surface area contributed by atoms with Crippen LogP contribution in [0.15, 0.2) is 46.2 Å². The van der Waals surface area contributed by atoms with Gasteiger partial charge < -0.3 is 9.73 Å². The van der Waals surface area contributed by atoms with Gasteiger partial charge in [0.2, 0.25) is 11.8 Å². The lowest BCUT2D eigenvalue weighted by Crippen LogP contribution is -2.18. The minimum atomic E-state index is -0.160. The van der Waals surface area contributed by atoms with Crippen molar-refractivity contribution in [3.05, 3.63) is 41.6 Å². The van der Waals surface area contributed by atoms with Gasteiger partial charge in [-0.05, 0) is 30.2 Å². The third kappa shape index (κ3) is 4.86. The van der Waals surface area contributed by atoms with Crippen molar-refractivity contribution < 1.29 is 9.21 Å². The zero-order chi connectivity index (χ0) is 18.5. The molecule has 1 amide bonds. The quantitative estimate of drug-likeness (QED) is 0.613. The second kappa shape index (κ2) is 8.37. The molecule has 0 bridgehead atoms. The highest BCUT2D eigenvalue weighted by Gasteiger charge is 2.13. The Balaban J connectivity index is 1.55. The number of anilines is 1. The van der Waals surface area contributed by atoms with Gasteiger partial charge in [0.1, 0.15) is 5.82 Å². The van der Waals surface area contributed by atoms with Gasteiger partial charge in [-0.15, -0.1) is 10.2 Å². The van der Waals surface area contributed by atoms with Gasteiger partial charge in [-0.25, -0.2) is 4.68 Å². The lowest BCUT2D eigenvalue weighted by molar-refractivity contribution is -0.113. The molecule has 0 fully saturated rings. The molecular weight excluding hydrogens is 374 g/mol. The summed E-state index contributed by atoms with van der Waals surface area (Å²) in [6.07, 6.45) is 1.67. The van der Waals surface area contributed by atoms with Gasteiger partial charge in [-0.3, -0.25) is 4.79 Å². The van der Waals surface area contributed by atoms with Crippen molar-refractivity contribution in [2.24, 2.45) is 5.92 Å². The minimum absolute atomic E-state index is 0.160. The summed E-state index contributed by atoms with van der Waals surface area (Å²) in [6, 6.07) is 8.87. The van der Waals surface area contributed by atoms with Crippen molar-refractivity contribution >= 4 is 35.1 Å². The number of carbonyl (C=O) groups is 1. The lowest BCUT2D eigenvalue weighted by atomic mass is 10.2. The topological polar surface area (TPSA) is 85.8 Å². The smallest absolute Gasteiger partial charge is 0.277 e. The van der Waals surface area contributed by atoms with E-state index < -0.39 is 0 Å². The molecular formula is C17H18ClN5O2S. The summed E-state index contributed by atoms with van der Waals surface area (Å²) >= 11 is 7.05.